The van der Waals surface area contributed by atoms with Gasteiger partial charge in [-0.2, -0.15) is 0 Å². The number of pyridine rings is 1. The second kappa shape index (κ2) is 5.58. The molecule has 1 N–H and O–H groups in total. The minimum Gasteiger partial charge on any atom is -0.311 e. The van der Waals surface area contributed by atoms with Crippen LogP contribution in [0.1, 0.15) is 10.6 Å². The Morgan fingerprint density at radius 1 is 1.33 bits per heavy atom. The van der Waals surface area contributed by atoms with Gasteiger partial charge in [0, 0.05) is 42.5 Å². The van der Waals surface area contributed by atoms with Gasteiger partial charge in [-0.15, -0.1) is 11.3 Å². The van der Waals surface area contributed by atoms with Crippen LogP contribution >= 0.6 is 11.3 Å². The lowest BCUT2D eigenvalue weighted by Gasteiger charge is -2.01. The SMILES string of the molecule is c1ccc(CCNCc2cncs2)nc1. The summed E-state index contributed by atoms with van der Waals surface area (Å²) in [6.45, 7) is 1.85. The van der Waals surface area contributed by atoms with Crippen LogP contribution in [0, 0.1) is 0 Å². The van der Waals surface area contributed by atoms with Crippen molar-refractivity contribution < 1.29 is 0 Å². The third-order valence-corrected chi connectivity index (χ3v) is 2.85. The predicted molar refractivity (Wildman–Crippen MR) is 61.8 cm³/mol. The van der Waals surface area contributed by atoms with E-state index in [-0.39, 0.29) is 0 Å². The van der Waals surface area contributed by atoms with Crippen molar-refractivity contribution in [3.63, 3.8) is 0 Å². The van der Waals surface area contributed by atoms with Crippen LogP contribution in [0.3, 0.4) is 0 Å². The standard InChI is InChI=1S/C11H13N3S/c1-2-5-14-10(3-1)4-6-12-7-11-8-13-9-15-11/h1-3,5,8-9,12H,4,6-7H2. The maximum atomic E-state index is 4.26. The van der Waals surface area contributed by atoms with Crippen LogP contribution in [0.4, 0.5) is 0 Å². The number of rotatable bonds is 5. The van der Waals surface area contributed by atoms with E-state index in [9.17, 15) is 0 Å². The first-order valence-corrected chi connectivity index (χ1v) is 5.81. The lowest BCUT2D eigenvalue weighted by Crippen LogP contribution is -2.16. The highest BCUT2D eigenvalue weighted by atomic mass is 32.1. The molecule has 0 saturated carbocycles. The van der Waals surface area contributed by atoms with Crippen LogP contribution in [-0.2, 0) is 13.0 Å². The zero-order valence-corrected chi connectivity index (χ0v) is 9.20. The number of hydrogen-bond donors (Lipinski definition) is 1. The van der Waals surface area contributed by atoms with Gasteiger partial charge in [0.15, 0.2) is 0 Å². The van der Waals surface area contributed by atoms with Gasteiger partial charge in [-0.3, -0.25) is 9.97 Å². The molecule has 0 radical (unpaired) electrons. The summed E-state index contributed by atoms with van der Waals surface area (Å²) < 4.78 is 0. The minimum atomic E-state index is 0.900. The fourth-order valence-electron chi connectivity index (χ4n) is 1.30. The van der Waals surface area contributed by atoms with Crippen LogP contribution in [0.15, 0.2) is 36.1 Å². The molecule has 0 atom stereocenters. The minimum absolute atomic E-state index is 0.900. The maximum Gasteiger partial charge on any atom is 0.0794 e. The summed E-state index contributed by atoms with van der Waals surface area (Å²) in [5.74, 6) is 0. The van der Waals surface area contributed by atoms with E-state index in [1.165, 1.54) is 4.88 Å². The molecule has 0 saturated heterocycles. The molecule has 0 aliphatic heterocycles. The molecule has 0 fully saturated rings. The van der Waals surface area contributed by atoms with E-state index in [2.05, 4.69) is 15.3 Å². The second-order valence-electron chi connectivity index (χ2n) is 3.22. The van der Waals surface area contributed by atoms with Gasteiger partial charge in [0.1, 0.15) is 0 Å². The Morgan fingerprint density at radius 3 is 3.07 bits per heavy atom. The van der Waals surface area contributed by atoms with Gasteiger partial charge in [-0.05, 0) is 12.1 Å². The molecule has 2 rings (SSSR count). The Labute approximate surface area is 93.2 Å². The molecule has 0 aromatic carbocycles. The van der Waals surface area contributed by atoms with Gasteiger partial charge in [-0.1, -0.05) is 6.07 Å². The lowest BCUT2D eigenvalue weighted by molar-refractivity contribution is 0.685. The van der Waals surface area contributed by atoms with E-state index in [0.717, 1.165) is 25.2 Å². The smallest absolute Gasteiger partial charge is 0.0794 e. The molecule has 0 aliphatic rings. The molecule has 0 bridgehead atoms. The highest BCUT2D eigenvalue weighted by molar-refractivity contribution is 7.09. The van der Waals surface area contributed by atoms with E-state index in [1.54, 1.807) is 11.3 Å². The van der Waals surface area contributed by atoms with Crippen molar-refractivity contribution >= 4 is 11.3 Å². The van der Waals surface area contributed by atoms with E-state index in [0.29, 0.717) is 0 Å². The molecule has 78 valence electrons. The zero-order chi connectivity index (χ0) is 10.3. The molecule has 4 heteroatoms. The third-order valence-electron chi connectivity index (χ3n) is 2.07. The van der Waals surface area contributed by atoms with Crippen LogP contribution < -0.4 is 5.32 Å². The number of aromatic nitrogens is 2. The monoisotopic (exact) mass is 219 g/mol. The highest BCUT2D eigenvalue weighted by Gasteiger charge is 1.95. The number of hydrogen-bond acceptors (Lipinski definition) is 4. The first kappa shape index (κ1) is 10.3. The van der Waals surface area contributed by atoms with Gasteiger partial charge >= 0.3 is 0 Å². The first-order chi connectivity index (χ1) is 7.45. The Morgan fingerprint density at radius 2 is 2.33 bits per heavy atom. The van der Waals surface area contributed by atoms with E-state index in [1.807, 2.05) is 36.1 Å². The number of thiazole rings is 1. The topological polar surface area (TPSA) is 37.8 Å². The molecule has 2 aromatic heterocycles. The summed E-state index contributed by atoms with van der Waals surface area (Å²) in [4.78, 5) is 9.56. The largest absolute Gasteiger partial charge is 0.311 e. The lowest BCUT2D eigenvalue weighted by atomic mass is 10.3. The van der Waals surface area contributed by atoms with Crippen LogP contribution in [0.2, 0.25) is 0 Å². The number of nitrogens with one attached hydrogen (secondary N) is 1. The Hall–Kier alpha value is -1.26. The van der Waals surface area contributed by atoms with Gasteiger partial charge < -0.3 is 5.32 Å². The van der Waals surface area contributed by atoms with Crippen molar-refractivity contribution in [3.05, 3.63) is 46.7 Å². The summed E-state index contributed by atoms with van der Waals surface area (Å²) in [7, 11) is 0. The van der Waals surface area contributed by atoms with Crippen molar-refractivity contribution in [3.8, 4) is 0 Å². The zero-order valence-electron chi connectivity index (χ0n) is 8.39. The molecule has 0 aliphatic carbocycles. The average molecular weight is 219 g/mol. The van der Waals surface area contributed by atoms with Crippen molar-refractivity contribution in [2.75, 3.05) is 6.54 Å². The van der Waals surface area contributed by atoms with Gasteiger partial charge in [-0.25, -0.2) is 0 Å². The molecule has 2 heterocycles. The van der Waals surface area contributed by atoms with Crippen molar-refractivity contribution in [1.29, 1.82) is 0 Å². The fourth-order valence-corrected chi connectivity index (χ4v) is 1.87. The Balaban J connectivity index is 1.68. The van der Waals surface area contributed by atoms with E-state index >= 15 is 0 Å². The van der Waals surface area contributed by atoms with E-state index in [4.69, 9.17) is 0 Å². The third kappa shape index (κ3) is 3.42. The maximum absolute atomic E-state index is 4.26. The highest BCUT2D eigenvalue weighted by Crippen LogP contribution is 2.04. The molecular formula is C11H13N3S. The van der Waals surface area contributed by atoms with Gasteiger partial charge in [0.25, 0.3) is 0 Å². The van der Waals surface area contributed by atoms with Crippen LogP contribution in [0.25, 0.3) is 0 Å². The number of nitrogens with zero attached hydrogens (tertiary/aromatic N) is 2. The van der Waals surface area contributed by atoms with Crippen molar-refractivity contribution in [1.82, 2.24) is 15.3 Å². The van der Waals surface area contributed by atoms with Gasteiger partial charge in [0.05, 0.1) is 5.51 Å². The summed E-state index contributed by atoms with van der Waals surface area (Å²) >= 11 is 1.68. The molecule has 0 spiro atoms. The molecule has 2 aromatic rings. The van der Waals surface area contributed by atoms with Crippen LogP contribution in [-0.4, -0.2) is 16.5 Å². The Bertz CT molecular complexity index is 372. The summed E-state index contributed by atoms with van der Waals surface area (Å²) in [5, 5.41) is 3.37. The Kier molecular flexibility index (Phi) is 3.82. The van der Waals surface area contributed by atoms with Crippen molar-refractivity contribution in [2.45, 2.75) is 13.0 Å². The summed E-state index contributed by atoms with van der Waals surface area (Å²) in [5.41, 5.74) is 2.99. The molecular weight excluding hydrogens is 206 g/mol. The normalized spacial score (nSPS) is 10.4. The van der Waals surface area contributed by atoms with E-state index < -0.39 is 0 Å². The predicted octanol–water partition coefficient (Wildman–Crippen LogP) is 1.87. The summed E-state index contributed by atoms with van der Waals surface area (Å²) in [6.07, 6.45) is 4.70. The molecule has 0 amide bonds. The quantitative estimate of drug-likeness (QED) is 0.780. The molecule has 15 heavy (non-hydrogen) atoms. The van der Waals surface area contributed by atoms with Crippen LogP contribution in [0.5, 0.6) is 0 Å². The first-order valence-electron chi connectivity index (χ1n) is 4.93. The fraction of sp³-hybridized carbons (Fsp3) is 0.273. The summed E-state index contributed by atoms with van der Waals surface area (Å²) in [6, 6.07) is 6.01. The average Bonchev–Trinajstić information content (AvgIpc) is 2.79. The van der Waals surface area contributed by atoms with Crippen molar-refractivity contribution in [2.24, 2.45) is 0 Å². The molecule has 3 nitrogen and oxygen atoms in total. The second-order valence-corrected chi connectivity index (χ2v) is 4.19. The van der Waals surface area contributed by atoms with Gasteiger partial charge in [0.2, 0.25) is 0 Å². The molecule has 0 unspecified atom stereocenters.